The average molecular weight is 785 g/mol. The van der Waals surface area contributed by atoms with Crippen molar-refractivity contribution in [1.29, 1.82) is 0 Å². The maximum absolute atomic E-state index is 5.71. The highest BCUT2D eigenvalue weighted by molar-refractivity contribution is 6.11. The average Bonchev–Trinajstić information content (AvgIpc) is 3.83. The molecule has 1 aliphatic heterocycles. The minimum Gasteiger partial charge on any atom is -0.310 e. The van der Waals surface area contributed by atoms with Gasteiger partial charge in [-0.15, -0.1) is 0 Å². The number of fused-ring (bicyclic) bond motifs is 8. The summed E-state index contributed by atoms with van der Waals surface area (Å²) >= 11 is 0. The summed E-state index contributed by atoms with van der Waals surface area (Å²) in [5.74, 6) is 1.64. The maximum Gasteiger partial charge on any atom is 0.142 e. The Labute approximate surface area is 353 Å². The van der Waals surface area contributed by atoms with Gasteiger partial charge in [0.1, 0.15) is 11.6 Å². The molecule has 5 heterocycles. The Kier molecular flexibility index (Phi) is 7.78. The molecule has 290 valence electrons. The molecule has 0 bridgehead atoms. The molecule has 1 aliphatic rings. The van der Waals surface area contributed by atoms with E-state index in [1.807, 2.05) is 12.4 Å². The molecular formula is C55H40N6. The van der Waals surface area contributed by atoms with Gasteiger partial charge in [-0.2, -0.15) is 0 Å². The van der Waals surface area contributed by atoms with Crippen LogP contribution >= 0.6 is 0 Å². The maximum atomic E-state index is 5.71. The van der Waals surface area contributed by atoms with E-state index >= 15 is 0 Å². The van der Waals surface area contributed by atoms with Gasteiger partial charge in [-0.1, -0.05) is 123 Å². The first kappa shape index (κ1) is 35.0. The predicted octanol–water partition coefficient (Wildman–Crippen LogP) is 14.2. The number of para-hydroxylation sites is 6. The number of benzene rings is 7. The Morgan fingerprint density at radius 2 is 0.951 bits per heavy atom. The minimum atomic E-state index is -0.240. The molecule has 0 spiro atoms. The van der Waals surface area contributed by atoms with Gasteiger partial charge >= 0.3 is 0 Å². The molecule has 0 saturated heterocycles. The van der Waals surface area contributed by atoms with Crippen molar-refractivity contribution in [3.63, 3.8) is 0 Å². The van der Waals surface area contributed by atoms with Gasteiger partial charge in [0.25, 0.3) is 0 Å². The van der Waals surface area contributed by atoms with E-state index in [1.54, 1.807) is 0 Å². The summed E-state index contributed by atoms with van der Waals surface area (Å²) < 4.78 is 4.74. The Balaban J connectivity index is 1.15. The highest BCUT2D eigenvalue weighted by Crippen LogP contribution is 2.52. The second-order valence-electron chi connectivity index (χ2n) is 16.3. The van der Waals surface area contributed by atoms with Gasteiger partial charge in [-0.25, -0.2) is 4.98 Å². The molecule has 0 atom stereocenters. The van der Waals surface area contributed by atoms with Crippen LogP contribution in [-0.4, -0.2) is 19.1 Å². The lowest BCUT2D eigenvalue weighted by atomic mass is 9.74. The number of rotatable bonds is 6. The van der Waals surface area contributed by atoms with E-state index in [1.165, 1.54) is 21.9 Å². The van der Waals surface area contributed by atoms with E-state index in [0.29, 0.717) is 0 Å². The van der Waals surface area contributed by atoms with Crippen LogP contribution in [0.3, 0.4) is 0 Å². The van der Waals surface area contributed by atoms with E-state index in [-0.39, 0.29) is 5.41 Å². The zero-order chi connectivity index (χ0) is 40.7. The van der Waals surface area contributed by atoms with Crippen LogP contribution in [0.15, 0.2) is 207 Å². The van der Waals surface area contributed by atoms with E-state index in [2.05, 4.69) is 227 Å². The van der Waals surface area contributed by atoms with Crippen molar-refractivity contribution in [2.75, 3.05) is 9.80 Å². The Morgan fingerprint density at radius 1 is 0.426 bits per heavy atom. The van der Waals surface area contributed by atoms with Gasteiger partial charge in [0.05, 0.1) is 45.3 Å². The minimum absolute atomic E-state index is 0.240. The lowest BCUT2D eigenvalue weighted by Gasteiger charge is -2.41. The molecule has 0 aliphatic carbocycles. The summed E-state index contributed by atoms with van der Waals surface area (Å²) in [6, 6.07) is 69.5. The topological polar surface area (TPSA) is 42.1 Å². The number of anilines is 6. The fourth-order valence-electron chi connectivity index (χ4n) is 9.81. The van der Waals surface area contributed by atoms with Crippen LogP contribution in [0.4, 0.5) is 34.3 Å². The van der Waals surface area contributed by atoms with E-state index < -0.39 is 0 Å². The molecule has 61 heavy (non-hydrogen) atoms. The second-order valence-corrected chi connectivity index (χ2v) is 16.3. The standard InChI is InChI=1S/C55H40N6/c1-55(2)45-24-12-16-28-51(45)61(52-36-56-32-31-46(52)55)54-35-40(59-47-25-13-9-21-41(47)42-22-10-14-26-48(42)59)34-53(57-54)60-49-27-15-11-23-43(49)44-33-39(29-30-50(44)60)58(37-17-5-3-6-18-37)38-19-7-4-8-20-38/h3-36H,1-2H3. The summed E-state index contributed by atoms with van der Waals surface area (Å²) in [5, 5.41) is 4.73. The van der Waals surface area contributed by atoms with Gasteiger partial charge in [0.2, 0.25) is 0 Å². The highest BCUT2D eigenvalue weighted by atomic mass is 15.2. The lowest BCUT2D eigenvalue weighted by Crippen LogP contribution is -2.31. The molecule has 0 amide bonds. The molecule has 0 unspecified atom stereocenters. The Hall–Kier alpha value is -7.96. The monoisotopic (exact) mass is 784 g/mol. The van der Waals surface area contributed by atoms with Crippen LogP contribution < -0.4 is 9.80 Å². The van der Waals surface area contributed by atoms with Crippen molar-refractivity contribution in [1.82, 2.24) is 19.1 Å². The van der Waals surface area contributed by atoms with E-state index in [0.717, 1.165) is 78.6 Å². The summed E-state index contributed by atoms with van der Waals surface area (Å²) in [7, 11) is 0. The smallest absolute Gasteiger partial charge is 0.142 e. The van der Waals surface area contributed by atoms with Crippen LogP contribution in [0, 0.1) is 0 Å². The van der Waals surface area contributed by atoms with E-state index in [4.69, 9.17) is 9.97 Å². The van der Waals surface area contributed by atoms with Gasteiger partial charge in [0, 0.05) is 62.4 Å². The van der Waals surface area contributed by atoms with Gasteiger partial charge in [-0.3, -0.25) is 14.5 Å². The third-order valence-corrected chi connectivity index (χ3v) is 12.6. The van der Waals surface area contributed by atoms with Crippen molar-refractivity contribution in [3.05, 3.63) is 218 Å². The van der Waals surface area contributed by atoms with Crippen LogP contribution in [0.1, 0.15) is 25.0 Å². The molecule has 7 aromatic carbocycles. The van der Waals surface area contributed by atoms with Crippen LogP contribution in [0.2, 0.25) is 0 Å². The Bertz CT molecular complexity index is 3330. The van der Waals surface area contributed by atoms with Crippen molar-refractivity contribution < 1.29 is 0 Å². The number of hydrogen-bond donors (Lipinski definition) is 0. The summed E-state index contributed by atoms with van der Waals surface area (Å²) in [5.41, 5.74) is 13.1. The second kappa shape index (κ2) is 13.5. The molecule has 4 aromatic heterocycles. The van der Waals surface area contributed by atoms with Crippen LogP contribution in [0.5, 0.6) is 0 Å². The highest BCUT2D eigenvalue weighted by Gasteiger charge is 2.37. The molecule has 0 saturated carbocycles. The third-order valence-electron chi connectivity index (χ3n) is 12.6. The third kappa shape index (κ3) is 5.35. The lowest BCUT2D eigenvalue weighted by molar-refractivity contribution is 0.630. The number of hydrogen-bond acceptors (Lipinski definition) is 4. The molecule has 6 nitrogen and oxygen atoms in total. The summed E-state index contributed by atoms with van der Waals surface area (Å²) in [6.07, 6.45) is 3.90. The zero-order valence-corrected chi connectivity index (χ0v) is 33.8. The molecule has 11 aromatic rings. The first-order valence-corrected chi connectivity index (χ1v) is 20.8. The fraction of sp³-hybridized carbons (Fsp3) is 0.0545. The van der Waals surface area contributed by atoms with Crippen LogP contribution in [-0.2, 0) is 5.41 Å². The van der Waals surface area contributed by atoms with Crippen molar-refractivity contribution in [2.45, 2.75) is 19.3 Å². The van der Waals surface area contributed by atoms with Crippen molar-refractivity contribution in [2.24, 2.45) is 0 Å². The van der Waals surface area contributed by atoms with Gasteiger partial charge < -0.3 is 9.47 Å². The normalized spacial score (nSPS) is 13.2. The molecule has 0 fully saturated rings. The molecule has 0 radical (unpaired) electrons. The molecule has 0 N–H and O–H groups in total. The quantitative estimate of drug-likeness (QED) is 0.168. The molecular weight excluding hydrogens is 745 g/mol. The number of pyridine rings is 2. The first-order chi connectivity index (χ1) is 30.0. The van der Waals surface area contributed by atoms with Gasteiger partial charge in [-0.05, 0) is 83.9 Å². The van der Waals surface area contributed by atoms with Crippen molar-refractivity contribution in [3.8, 4) is 11.5 Å². The Morgan fingerprint density at radius 3 is 1.62 bits per heavy atom. The van der Waals surface area contributed by atoms with Crippen molar-refractivity contribution >= 4 is 77.9 Å². The summed E-state index contributed by atoms with van der Waals surface area (Å²) in [4.78, 5) is 15.0. The largest absolute Gasteiger partial charge is 0.310 e. The predicted molar refractivity (Wildman–Crippen MR) is 252 cm³/mol. The fourth-order valence-corrected chi connectivity index (χ4v) is 9.81. The van der Waals surface area contributed by atoms with Gasteiger partial charge in [0.15, 0.2) is 0 Å². The molecule has 6 heteroatoms. The SMILES string of the molecule is CC1(C)c2ccccc2N(c2cc(-n3c4ccccc4c4ccccc43)cc(-n3c4ccccc4c4cc(N(c5ccccc5)c5ccccc5)ccc43)n2)c2cnccc21. The molecule has 12 rings (SSSR count). The summed E-state index contributed by atoms with van der Waals surface area (Å²) in [6.45, 7) is 4.61. The van der Waals surface area contributed by atoms with E-state index in [9.17, 15) is 0 Å². The first-order valence-electron chi connectivity index (χ1n) is 20.8. The zero-order valence-electron chi connectivity index (χ0n) is 33.8. The van der Waals surface area contributed by atoms with Crippen LogP contribution in [0.25, 0.3) is 55.1 Å². The number of aromatic nitrogens is 4. The number of nitrogens with zero attached hydrogens (tertiary/aromatic N) is 6.